The van der Waals surface area contributed by atoms with Crippen LogP contribution in [0.25, 0.3) is 0 Å². The molecule has 0 saturated carbocycles. The summed E-state index contributed by atoms with van der Waals surface area (Å²) in [6.07, 6.45) is 8.00. The minimum absolute atomic E-state index is 0.0480. The van der Waals surface area contributed by atoms with E-state index in [0.717, 1.165) is 5.56 Å². The van der Waals surface area contributed by atoms with E-state index in [1.807, 2.05) is 57.1 Å². The highest BCUT2D eigenvalue weighted by atomic mass is 35.5. The van der Waals surface area contributed by atoms with Gasteiger partial charge in [-0.1, -0.05) is 48.4 Å². The van der Waals surface area contributed by atoms with Gasteiger partial charge < -0.3 is 10.1 Å². The van der Waals surface area contributed by atoms with E-state index in [9.17, 15) is 4.79 Å². The van der Waals surface area contributed by atoms with Gasteiger partial charge in [0, 0.05) is 11.4 Å². The Kier molecular flexibility index (Phi) is 5.97. The topological polar surface area (TPSA) is 41.6 Å². The third kappa shape index (κ3) is 3.61. The molecule has 0 fully saturated rings. The van der Waals surface area contributed by atoms with Gasteiger partial charge in [-0.05, 0) is 44.8 Å². The summed E-state index contributed by atoms with van der Waals surface area (Å²) >= 11 is 12.5. The molecule has 1 aromatic rings. The van der Waals surface area contributed by atoms with Gasteiger partial charge in [-0.15, -0.1) is 0 Å². The van der Waals surface area contributed by atoms with Gasteiger partial charge in [-0.3, -0.25) is 9.69 Å². The molecule has 1 amide bonds. The van der Waals surface area contributed by atoms with Gasteiger partial charge >= 0.3 is 0 Å². The zero-order valence-corrected chi connectivity index (χ0v) is 15.8. The molecule has 0 aliphatic heterocycles. The van der Waals surface area contributed by atoms with Crippen LogP contribution < -0.4 is 10.1 Å². The summed E-state index contributed by atoms with van der Waals surface area (Å²) in [7, 11) is 3.79. The van der Waals surface area contributed by atoms with Gasteiger partial charge in [0.05, 0.1) is 5.02 Å². The largest absolute Gasteiger partial charge is 0.465 e. The molecule has 0 spiro atoms. The Bertz CT molecular complexity index is 686. The van der Waals surface area contributed by atoms with E-state index in [0.29, 0.717) is 22.2 Å². The predicted octanol–water partition coefficient (Wildman–Crippen LogP) is 3.96. The number of likely N-dealkylation sites (N-methyl/N-ethyl adjacent to an activating group) is 1. The summed E-state index contributed by atoms with van der Waals surface area (Å²) in [6, 6.07) is 3.15. The molecule has 1 aliphatic carbocycles. The second-order valence-corrected chi connectivity index (χ2v) is 6.66. The Morgan fingerprint density at radius 1 is 1.33 bits per heavy atom. The van der Waals surface area contributed by atoms with E-state index >= 15 is 0 Å². The molecule has 1 aliphatic rings. The lowest BCUT2D eigenvalue weighted by molar-refractivity contribution is -0.124. The summed E-state index contributed by atoms with van der Waals surface area (Å²) in [5, 5.41) is 4.04. The van der Waals surface area contributed by atoms with Crippen LogP contribution in [0.3, 0.4) is 0 Å². The lowest BCUT2D eigenvalue weighted by atomic mass is 9.96. The van der Waals surface area contributed by atoms with E-state index in [-0.39, 0.29) is 11.9 Å². The van der Waals surface area contributed by atoms with Crippen LogP contribution in [-0.4, -0.2) is 36.7 Å². The number of benzene rings is 1. The number of rotatable bonds is 5. The van der Waals surface area contributed by atoms with Crippen molar-refractivity contribution in [1.82, 2.24) is 10.2 Å². The van der Waals surface area contributed by atoms with Crippen LogP contribution in [0.15, 0.2) is 36.4 Å². The van der Waals surface area contributed by atoms with Gasteiger partial charge in [0.15, 0.2) is 0 Å². The lowest BCUT2D eigenvalue weighted by Crippen LogP contribution is -2.62. The Balaban J connectivity index is 2.43. The molecule has 1 aromatic carbocycles. The maximum atomic E-state index is 11.9. The van der Waals surface area contributed by atoms with Crippen LogP contribution in [-0.2, 0) is 4.79 Å². The van der Waals surface area contributed by atoms with Crippen molar-refractivity contribution in [3.8, 4) is 5.75 Å². The molecule has 2 unspecified atom stereocenters. The van der Waals surface area contributed by atoms with Crippen molar-refractivity contribution < 1.29 is 9.53 Å². The molecule has 130 valence electrons. The third-order valence-corrected chi connectivity index (χ3v) is 4.97. The molecule has 2 rings (SSSR count). The number of amides is 1. The van der Waals surface area contributed by atoms with E-state index in [1.165, 1.54) is 0 Å². The second-order valence-electron chi connectivity index (χ2n) is 5.88. The standard InChI is InChI=1S/C18H22Cl2N2O2/c1-5-16(23)21-15-8-6-7-11-18(15,22(3)4)24-14-10-9-13(19)12(2)17(14)20/h6-11,15H,5H2,1-4H3,(H,21,23). The quantitative estimate of drug-likeness (QED) is 0.799. The summed E-state index contributed by atoms with van der Waals surface area (Å²) in [5.74, 6) is 0.469. The van der Waals surface area contributed by atoms with Crippen molar-refractivity contribution >= 4 is 29.1 Å². The van der Waals surface area contributed by atoms with Crippen LogP contribution >= 0.6 is 23.2 Å². The maximum Gasteiger partial charge on any atom is 0.220 e. The molecule has 1 N–H and O–H groups in total. The first-order valence-corrected chi connectivity index (χ1v) is 8.54. The van der Waals surface area contributed by atoms with Gasteiger partial charge in [0.2, 0.25) is 11.6 Å². The number of hydrogen-bond acceptors (Lipinski definition) is 3. The van der Waals surface area contributed by atoms with Gasteiger partial charge in [-0.2, -0.15) is 0 Å². The number of carbonyl (C=O) groups excluding carboxylic acids is 1. The number of halogens is 2. The van der Waals surface area contributed by atoms with Crippen molar-refractivity contribution in [2.24, 2.45) is 0 Å². The zero-order valence-electron chi connectivity index (χ0n) is 14.3. The number of nitrogens with zero attached hydrogens (tertiary/aromatic N) is 1. The number of ether oxygens (including phenoxy) is 1. The second kappa shape index (κ2) is 7.60. The minimum Gasteiger partial charge on any atom is -0.465 e. The summed E-state index contributed by atoms with van der Waals surface area (Å²) in [4.78, 5) is 13.8. The first-order valence-electron chi connectivity index (χ1n) is 7.78. The van der Waals surface area contributed by atoms with Crippen molar-refractivity contribution in [3.05, 3.63) is 52.0 Å². The van der Waals surface area contributed by atoms with E-state index < -0.39 is 5.72 Å². The fraction of sp³-hybridized carbons (Fsp3) is 0.389. The first kappa shape index (κ1) is 18.8. The lowest BCUT2D eigenvalue weighted by Gasteiger charge is -2.43. The Morgan fingerprint density at radius 2 is 2.04 bits per heavy atom. The highest BCUT2D eigenvalue weighted by molar-refractivity contribution is 6.36. The normalized spacial score (nSPS) is 22.7. The van der Waals surface area contributed by atoms with E-state index in [4.69, 9.17) is 27.9 Å². The van der Waals surface area contributed by atoms with E-state index in [2.05, 4.69) is 5.32 Å². The number of carbonyl (C=O) groups is 1. The molecular weight excluding hydrogens is 347 g/mol. The van der Waals surface area contributed by atoms with Crippen LogP contribution in [0.2, 0.25) is 10.0 Å². The molecule has 24 heavy (non-hydrogen) atoms. The monoisotopic (exact) mass is 368 g/mol. The fourth-order valence-corrected chi connectivity index (χ4v) is 2.95. The molecule has 0 heterocycles. The highest BCUT2D eigenvalue weighted by Gasteiger charge is 2.42. The number of nitrogens with one attached hydrogen (secondary N) is 1. The molecular formula is C18H22Cl2N2O2. The summed E-state index contributed by atoms with van der Waals surface area (Å²) in [6.45, 7) is 3.65. The Labute approximate surface area is 153 Å². The predicted molar refractivity (Wildman–Crippen MR) is 98.7 cm³/mol. The van der Waals surface area contributed by atoms with Crippen molar-refractivity contribution in [1.29, 1.82) is 0 Å². The summed E-state index contributed by atoms with van der Waals surface area (Å²) < 4.78 is 6.31. The molecule has 4 nitrogen and oxygen atoms in total. The Morgan fingerprint density at radius 3 is 2.67 bits per heavy atom. The minimum atomic E-state index is -0.885. The van der Waals surface area contributed by atoms with Crippen LogP contribution in [0, 0.1) is 6.92 Å². The van der Waals surface area contributed by atoms with Gasteiger partial charge in [-0.25, -0.2) is 0 Å². The molecule has 2 atom stereocenters. The Hall–Kier alpha value is -1.49. The molecule has 0 aromatic heterocycles. The average molecular weight is 369 g/mol. The third-order valence-electron chi connectivity index (χ3n) is 4.09. The van der Waals surface area contributed by atoms with Gasteiger partial charge in [0.1, 0.15) is 11.8 Å². The molecule has 6 heteroatoms. The molecule has 0 saturated heterocycles. The SMILES string of the molecule is CCC(=O)NC1C=CC=CC1(Oc1ccc(Cl)c(C)c1Cl)N(C)C. The highest BCUT2D eigenvalue weighted by Crippen LogP contribution is 2.37. The number of allylic oxidation sites excluding steroid dienone is 2. The van der Waals surface area contributed by atoms with Crippen molar-refractivity contribution in [3.63, 3.8) is 0 Å². The van der Waals surface area contributed by atoms with Crippen LogP contribution in [0.4, 0.5) is 0 Å². The van der Waals surface area contributed by atoms with E-state index in [1.54, 1.807) is 12.1 Å². The van der Waals surface area contributed by atoms with Crippen molar-refractivity contribution in [2.75, 3.05) is 14.1 Å². The molecule has 0 bridgehead atoms. The summed E-state index contributed by atoms with van der Waals surface area (Å²) in [5.41, 5.74) is -0.127. The molecule has 0 radical (unpaired) electrons. The maximum absolute atomic E-state index is 11.9. The van der Waals surface area contributed by atoms with Crippen LogP contribution in [0.1, 0.15) is 18.9 Å². The number of hydrogen-bond donors (Lipinski definition) is 1. The average Bonchev–Trinajstić information content (AvgIpc) is 2.56. The zero-order chi connectivity index (χ0) is 17.9. The van der Waals surface area contributed by atoms with Gasteiger partial charge in [0.25, 0.3) is 0 Å². The van der Waals surface area contributed by atoms with Crippen molar-refractivity contribution in [2.45, 2.75) is 32.0 Å². The fourth-order valence-electron chi connectivity index (χ4n) is 2.54. The first-order chi connectivity index (χ1) is 11.3. The van der Waals surface area contributed by atoms with Crippen LogP contribution in [0.5, 0.6) is 5.75 Å². The smallest absolute Gasteiger partial charge is 0.220 e.